The second-order valence-electron chi connectivity index (χ2n) is 6.32. The van der Waals surface area contributed by atoms with Crippen molar-refractivity contribution in [2.45, 2.75) is 38.8 Å². The van der Waals surface area contributed by atoms with Crippen molar-refractivity contribution < 1.29 is 4.42 Å². The number of rotatable bonds is 5. The van der Waals surface area contributed by atoms with Crippen molar-refractivity contribution in [3.05, 3.63) is 69.8 Å². The number of nitrogens with zero attached hydrogens (tertiary/aromatic N) is 3. The third-order valence-corrected chi connectivity index (χ3v) is 5.55. The smallest absolute Gasteiger partial charge is 0.211 e. The molecule has 1 aliphatic rings. The van der Waals surface area contributed by atoms with Gasteiger partial charge in [-0.05, 0) is 31.9 Å². The third kappa shape index (κ3) is 3.28. The summed E-state index contributed by atoms with van der Waals surface area (Å²) in [5, 5.41) is 0. The van der Waals surface area contributed by atoms with Crippen LogP contribution in [0.4, 0.5) is 0 Å². The first kappa shape index (κ1) is 15.5. The van der Waals surface area contributed by atoms with Crippen LogP contribution in [0.25, 0.3) is 0 Å². The number of thiazole rings is 1. The average molecular weight is 339 g/mol. The van der Waals surface area contributed by atoms with Crippen LogP contribution >= 0.6 is 11.3 Å². The van der Waals surface area contributed by atoms with E-state index in [4.69, 9.17) is 4.42 Å². The Morgan fingerprint density at radius 2 is 2.12 bits per heavy atom. The lowest BCUT2D eigenvalue weighted by Gasteiger charge is -2.21. The van der Waals surface area contributed by atoms with Crippen molar-refractivity contribution in [1.82, 2.24) is 14.9 Å². The highest BCUT2D eigenvalue weighted by Gasteiger charge is 2.30. The van der Waals surface area contributed by atoms with Crippen molar-refractivity contribution >= 4 is 11.3 Å². The lowest BCUT2D eigenvalue weighted by atomic mass is 10.1. The first-order chi connectivity index (χ1) is 11.8. The summed E-state index contributed by atoms with van der Waals surface area (Å²) in [5.74, 6) is 1.80. The van der Waals surface area contributed by atoms with Gasteiger partial charge in [0.15, 0.2) is 0 Å². The van der Waals surface area contributed by atoms with Gasteiger partial charge in [-0.2, -0.15) is 0 Å². The number of aromatic nitrogens is 2. The molecular formula is C19H21N3OS. The number of oxazole rings is 1. The van der Waals surface area contributed by atoms with Gasteiger partial charge in [0.2, 0.25) is 5.89 Å². The van der Waals surface area contributed by atoms with Crippen molar-refractivity contribution in [1.29, 1.82) is 0 Å². The van der Waals surface area contributed by atoms with E-state index in [1.54, 1.807) is 11.3 Å². The summed E-state index contributed by atoms with van der Waals surface area (Å²) >= 11 is 1.74. The van der Waals surface area contributed by atoms with Gasteiger partial charge in [-0.3, -0.25) is 4.90 Å². The summed E-state index contributed by atoms with van der Waals surface area (Å²) < 4.78 is 6.09. The first-order valence-electron chi connectivity index (χ1n) is 8.41. The van der Waals surface area contributed by atoms with E-state index in [-0.39, 0.29) is 6.04 Å². The molecule has 0 unspecified atom stereocenters. The Kier molecular flexibility index (Phi) is 4.45. The zero-order valence-electron chi connectivity index (χ0n) is 13.8. The molecule has 3 aromatic rings. The minimum Gasteiger partial charge on any atom is -0.444 e. The maximum Gasteiger partial charge on any atom is 0.211 e. The quantitative estimate of drug-likeness (QED) is 0.692. The Bertz CT molecular complexity index is 796. The van der Waals surface area contributed by atoms with Crippen LogP contribution in [0.1, 0.15) is 46.7 Å². The van der Waals surface area contributed by atoms with Crippen LogP contribution in [0, 0.1) is 6.92 Å². The maximum atomic E-state index is 6.09. The fourth-order valence-electron chi connectivity index (χ4n) is 3.31. The number of likely N-dealkylation sites (tertiary alicyclic amines) is 1. The van der Waals surface area contributed by atoms with Gasteiger partial charge in [0.05, 0.1) is 23.4 Å². The molecule has 124 valence electrons. The van der Waals surface area contributed by atoms with E-state index in [9.17, 15) is 0 Å². The molecular weight excluding hydrogens is 318 g/mol. The van der Waals surface area contributed by atoms with Gasteiger partial charge in [-0.25, -0.2) is 9.97 Å². The van der Waals surface area contributed by atoms with Crippen molar-refractivity contribution in [2.24, 2.45) is 0 Å². The highest BCUT2D eigenvalue weighted by molar-refractivity contribution is 7.09. The van der Waals surface area contributed by atoms with E-state index in [1.807, 2.05) is 17.8 Å². The molecule has 0 aliphatic carbocycles. The summed E-state index contributed by atoms with van der Waals surface area (Å²) in [6.07, 6.45) is 4.99. The van der Waals surface area contributed by atoms with Crippen LogP contribution in [0.15, 0.2) is 46.5 Å². The Balaban J connectivity index is 1.48. The van der Waals surface area contributed by atoms with Gasteiger partial charge in [-0.1, -0.05) is 30.3 Å². The van der Waals surface area contributed by atoms with Gasteiger partial charge >= 0.3 is 0 Å². The van der Waals surface area contributed by atoms with Crippen LogP contribution in [0.5, 0.6) is 0 Å². The Morgan fingerprint density at radius 1 is 1.25 bits per heavy atom. The minimum atomic E-state index is 0.288. The zero-order chi connectivity index (χ0) is 16.4. The molecule has 2 aromatic heterocycles. The normalized spacial score (nSPS) is 18.3. The molecule has 1 fully saturated rings. The molecule has 1 atom stereocenters. The molecule has 1 saturated heterocycles. The first-order valence-corrected chi connectivity index (χ1v) is 9.29. The largest absolute Gasteiger partial charge is 0.444 e. The Labute approximate surface area is 146 Å². The topological polar surface area (TPSA) is 42.2 Å². The average Bonchev–Trinajstić information content (AvgIpc) is 3.31. The van der Waals surface area contributed by atoms with Crippen LogP contribution in [0.3, 0.4) is 0 Å². The lowest BCUT2D eigenvalue weighted by molar-refractivity contribution is 0.213. The zero-order valence-corrected chi connectivity index (χ0v) is 14.6. The van der Waals surface area contributed by atoms with Gasteiger partial charge < -0.3 is 4.42 Å². The number of benzene rings is 1. The summed E-state index contributed by atoms with van der Waals surface area (Å²) in [6, 6.07) is 10.7. The molecule has 1 aromatic carbocycles. The maximum absolute atomic E-state index is 6.09. The molecule has 0 N–H and O–H groups in total. The second-order valence-corrected chi connectivity index (χ2v) is 7.26. The molecule has 0 saturated carbocycles. The predicted molar refractivity (Wildman–Crippen MR) is 95.0 cm³/mol. The van der Waals surface area contributed by atoms with Crippen LogP contribution in [-0.4, -0.2) is 21.4 Å². The molecule has 24 heavy (non-hydrogen) atoms. The Morgan fingerprint density at radius 3 is 2.92 bits per heavy atom. The molecule has 5 heteroatoms. The highest BCUT2D eigenvalue weighted by Crippen LogP contribution is 2.34. The van der Waals surface area contributed by atoms with Gasteiger partial charge in [0, 0.05) is 17.8 Å². The standard InChI is InChI=1S/C19H21N3OS/c1-14-18(24-13-21-14)12-22-9-5-8-17(22)19-20-11-16(23-19)10-15-6-3-2-4-7-15/h2-4,6-7,11,13,17H,5,8-10,12H2,1H3/t17-/m0/s1. The number of aryl methyl sites for hydroxylation is 1. The van der Waals surface area contributed by atoms with Crippen molar-refractivity contribution in [3.8, 4) is 0 Å². The molecule has 0 amide bonds. The highest BCUT2D eigenvalue weighted by atomic mass is 32.1. The summed E-state index contributed by atoms with van der Waals surface area (Å²) in [5.41, 5.74) is 4.32. The monoisotopic (exact) mass is 339 g/mol. The Hall–Kier alpha value is -1.98. The number of hydrogen-bond acceptors (Lipinski definition) is 5. The van der Waals surface area contributed by atoms with E-state index < -0.39 is 0 Å². The predicted octanol–water partition coefficient (Wildman–Crippen LogP) is 4.37. The van der Waals surface area contributed by atoms with Gasteiger partial charge in [0.25, 0.3) is 0 Å². The van der Waals surface area contributed by atoms with E-state index in [0.717, 1.165) is 43.3 Å². The van der Waals surface area contributed by atoms with E-state index in [2.05, 4.69) is 46.1 Å². The van der Waals surface area contributed by atoms with Crippen LogP contribution in [-0.2, 0) is 13.0 Å². The van der Waals surface area contributed by atoms with E-state index >= 15 is 0 Å². The lowest BCUT2D eigenvalue weighted by Crippen LogP contribution is -2.22. The molecule has 4 nitrogen and oxygen atoms in total. The fourth-order valence-corrected chi connectivity index (χ4v) is 4.11. The fraction of sp³-hybridized carbons (Fsp3) is 0.368. The molecule has 4 rings (SSSR count). The third-order valence-electron chi connectivity index (χ3n) is 4.63. The SMILES string of the molecule is Cc1ncsc1CN1CCC[C@H]1c1ncc(Cc2ccccc2)o1. The van der Waals surface area contributed by atoms with Crippen molar-refractivity contribution in [2.75, 3.05) is 6.54 Å². The van der Waals surface area contributed by atoms with Crippen LogP contribution < -0.4 is 0 Å². The van der Waals surface area contributed by atoms with Gasteiger partial charge in [0.1, 0.15) is 5.76 Å². The molecule has 1 aliphatic heterocycles. The van der Waals surface area contributed by atoms with E-state index in [0.29, 0.717) is 0 Å². The second kappa shape index (κ2) is 6.87. The molecule has 0 spiro atoms. The molecule has 0 radical (unpaired) electrons. The van der Waals surface area contributed by atoms with Gasteiger partial charge in [-0.15, -0.1) is 11.3 Å². The van der Waals surface area contributed by atoms with Crippen LogP contribution in [0.2, 0.25) is 0 Å². The van der Waals surface area contributed by atoms with Crippen molar-refractivity contribution in [3.63, 3.8) is 0 Å². The molecule has 0 bridgehead atoms. The van der Waals surface area contributed by atoms with E-state index in [1.165, 1.54) is 16.9 Å². The summed E-state index contributed by atoms with van der Waals surface area (Å²) in [4.78, 5) is 12.8. The number of hydrogen-bond donors (Lipinski definition) is 0. The summed E-state index contributed by atoms with van der Waals surface area (Å²) in [6.45, 7) is 4.12. The molecule has 3 heterocycles. The minimum absolute atomic E-state index is 0.288. The summed E-state index contributed by atoms with van der Waals surface area (Å²) in [7, 11) is 0.